The molecule has 0 fully saturated rings. The number of carboxylic acids is 1. The van der Waals surface area contributed by atoms with Crippen LogP contribution in [0, 0.1) is 5.82 Å². The molecule has 0 radical (unpaired) electrons. The second kappa shape index (κ2) is 8.06. The molecular weight excluding hydrogens is 309 g/mol. The molecule has 0 saturated heterocycles. The Morgan fingerprint density at radius 2 is 1.67 bits per heavy atom. The van der Waals surface area contributed by atoms with E-state index < -0.39 is 23.1 Å². The molecule has 0 aliphatic carbocycles. The number of nitrogens with one attached hydrogen (secondary N) is 1. The van der Waals surface area contributed by atoms with Crippen molar-refractivity contribution in [2.75, 3.05) is 0 Å². The highest BCUT2D eigenvalue weighted by atomic mass is 19.1. The summed E-state index contributed by atoms with van der Waals surface area (Å²) in [5, 5.41) is 12.4. The van der Waals surface area contributed by atoms with Crippen molar-refractivity contribution in [1.82, 2.24) is 5.32 Å². The number of hydrogen-bond donors (Lipinski definition) is 2. The molecule has 0 spiro atoms. The molecule has 2 rings (SSSR count). The zero-order valence-corrected chi connectivity index (χ0v) is 13.3. The summed E-state index contributed by atoms with van der Waals surface area (Å²) in [5.41, 5.74) is 0.548. The van der Waals surface area contributed by atoms with Crippen LogP contribution in [0.15, 0.2) is 65.9 Å². The summed E-state index contributed by atoms with van der Waals surface area (Å²) < 4.78 is 13.8. The summed E-state index contributed by atoms with van der Waals surface area (Å²) in [6.45, 7) is 2.12. The zero-order valence-electron chi connectivity index (χ0n) is 13.3. The Kier molecular flexibility index (Phi) is 5.84. The maximum atomic E-state index is 13.8. The van der Waals surface area contributed by atoms with Gasteiger partial charge < -0.3 is 10.4 Å². The first-order chi connectivity index (χ1) is 11.5. The third-order valence-electron chi connectivity index (χ3n) is 3.56. The van der Waals surface area contributed by atoms with Crippen LogP contribution < -0.4 is 5.32 Å². The van der Waals surface area contributed by atoms with Gasteiger partial charge in [0.1, 0.15) is 11.4 Å². The first-order valence-electron chi connectivity index (χ1n) is 7.58. The number of allylic oxidation sites excluding steroid dienone is 1. The Morgan fingerprint density at radius 1 is 1.04 bits per heavy atom. The molecule has 2 aromatic rings. The van der Waals surface area contributed by atoms with Gasteiger partial charge in [-0.1, -0.05) is 49.4 Å². The molecule has 0 amide bonds. The predicted octanol–water partition coefficient (Wildman–Crippen LogP) is 3.55. The monoisotopic (exact) mass is 327 g/mol. The van der Waals surface area contributed by atoms with Crippen LogP contribution in [0.3, 0.4) is 0 Å². The zero-order chi connectivity index (χ0) is 17.5. The molecule has 2 aromatic carbocycles. The Labute approximate surface area is 139 Å². The lowest BCUT2D eigenvalue weighted by Gasteiger charge is -2.13. The first-order valence-corrected chi connectivity index (χ1v) is 7.58. The molecule has 0 aliphatic heterocycles. The van der Waals surface area contributed by atoms with Gasteiger partial charge in [0.15, 0.2) is 0 Å². The largest absolute Gasteiger partial charge is 0.477 e. The number of carbonyl (C=O) groups is 2. The van der Waals surface area contributed by atoms with E-state index >= 15 is 0 Å². The van der Waals surface area contributed by atoms with E-state index in [1.54, 1.807) is 6.92 Å². The number of benzene rings is 2. The second-order valence-corrected chi connectivity index (χ2v) is 5.16. The molecule has 0 saturated carbocycles. The van der Waals surface area contributed by atoms with Crippen LogP contribution in [0.1, 0.15) is 29.3 Å². The second-order valence-electron chi connectivity index (χ2n) is 5.16. The third kappa shape index (κ3) is 4.07. The van der Waals surface area contributed by atoms with Crippen LogP contribution >= 0.6 is 0 Å². The number of carbonyl (C=O) groups excluding carboxylic acids is 1. The minimum absolute atomic E-state index is 0.248. The molecule has 0 unspecified atom stereocenters. The fourth-order valence-electron chi connectivity index (χ4n) is 2.34. The van der Waals surface area contributed by atoms with E-state index in [9.17, 15) is 19.1 Å². The molecule has 4 nitrogen and oxygen atoms in total. The van der Waals surface area contributed by atoms with Crippen molar-refractivity contribution < 1.29 is 19.1 Å². The number of Topliss-reactive ketones (excluding diaryl/α,β-unsaturated/α-hetero) is 1. The molecule has 124 valence electrons. The van der Waals surface area contributed by atoms with Crippen molar-refractivity contribution >= 4 is 11.8 Å². The van der Waals surface area contributed by atoms with Crippen LogP contribution in [0.2, 0.25) is 0 Å². The van der Waals surface area contributed by atoms with Gasteiger partial charge in [0, 0.05) is 12.2 Å². The molecule has 0 bridgehead atoms. The van der Waals surface area contributed by atoms with Gasteiger partial charge >= 0.3 is 5.97 Å². The van der Waals surface area contributed by atoms with Gasteiger partial charge in [-0.3, -0.25) is 4.79 Å². The van der Waals surface area contributed by atoms with E-state index in [-0.39, 0.29) is 11.3 Å². The maximum Gasteiger partial charge on any atom is 0.341 e. The van der Waals surface area contributed by atoms with Crippen LogP contribution in [0.4, 0.5) is 4.39 Å². The normalized spacial score (nSPS) is 11.6. The summed E-state index contributed by atoms with van der Waals surface area (Å²) in [7, 11) is 0. The summed E-state index contributed by atoms with van der Waals surface area (Å²) >= 11 is 0. The highest BCUT2D eigenvalue weighted by Crippen LogP contribution is 2.17. The smallest absolute Gasteiger partial charge is 0.341 e. The molecule has 0 aromatic heterocycles. The van der Waals surface area contributed by atoms with Gasteiger partial charge in [-0.15, -0.1) is 0 Å². The number of rotatable bonds is 7. The molecule has 5 heteroatoms. The van der Waals surface area contributed by atoms with Crippen LogP contribution in [-0.2, 0) is 11.3 Å². The SMILES string of the molecule is CCC(NCc1ccccc1)=C(C(=O)O)C(=O)c1ccccc1F. The molecule has 0 aliphatic rings. The first kappa shape index (κ1) is 17.4. The Morgan fingerprint density at radius 3 is 2.25 bits per heavy atom. The number of hydrogen-bond acceptors (Lipinski definition) is 3. The van der Waals surface area contributed by atoms with Gasteiger partial charge in [-0.2, -0.15) is 0 Å². The number of ketones is 1. The molecule has 0 atom stereocenters. The van der Waals surface area contributed by atoms with E-state index in [0.29, 0.717) is 13.0 Å². The predicted molar refractivity (Wildman–Crippen MR) is 89.0 cm³/mol. The van der Waals surface area contributed by atoms with Crippen molar-refractivity contribution in [3.8, 4) is 0 Å². The highest BCUT2D eigenvalue weighted by molar-refractivity contribution is 6.24. The van der Waals surface area contributed by atoms with E-state index in [1.165, 1.54) is 18.2 Å². The van der Waals surface area contributed by atoms with Gasteiger partial charge in [-0.05, 0) is 24.1 Å². The van der Waals surface area contributed by atoms with Gasteiger partial charge in [-0.25, -0.2) is 9.18 Å². The molecule has 24 heavy (non-hydrogen) atoms. The van der Waals surface area contributed by atoms with Gasteiger partial charge in [0.25, 0.3) is 0 Å². The lowest BCUT2D eigenvalue weighted by atomic mass is 10.00. The van der Waals surface area contributed by atoms with E-state index in [2.05, 4.69) is 5.32 Å². The van der Waals surface area contributed by atoms with E-state index in [0.717, 1.165) is 11.6 Å². The quantitative estimate of drug-likeness (QED) is 0.353. The van der Waals surface area contributed by atoms with E-state index in [4.69, 9.17) is 0 Å². The molecular formula is C19H18FNO3. The standard InChI is InChI=1S/C19H18FNO3/c1-2-16(21-12-13-8-4-3-5-9-13)17(19(23)24)18(22)14-10-6-7-11-15(14)20/h3-11,21H,2,12H2,1H3,(H,23,24). The minimum atomic E-state index is -1.37. The number of carboxylic acid groups (broad SMARTS) is 1. The van der Waals surface area contributed by atoms with Gasteiger partial charge in [0.2, 0.25) is 5.78 Å². The van der Waals surface area contributed by atoms with E-state index in [1.807, 2.05) is 30.3 Å². The summed E-state index contributed by atoms with van der Waals surface area (Å²) in [4.78, 5) is 24.1. The lowest BCUT2D eigenvalue weighted by molar-refractivity contribution is -0.132. The number of aliphatic carboxylic acids is 1. The van der Waals surface area contributed by atoms with Crippen molar-refractivity contribution in [2.24, 2.45) is 0 Å². The fraction of sp³-hybridized carbons (Fsp3) is 0.158. The van der Waals surface area contributed by atoms with Crippen molar-refractivity contribution in [3.63, 3.8) is 0 Å². The lowest BCUT2D eigenvalue weighted by Crippen LogP contribution is -2.23. The maximum absolute atomic E-state index is 13.8. The van der Waals surface area contributed by atoms with Crippen LogP contribution in [0.25, 0.3) is 0 Å². The van der Waals surface area contributed by atoms with Crippen LogP contribution in [0.5, 0.6) is 0 Å². The van der Waals surface area contributed by atoms with Crippen LogP contribution in [-0.4, -0.2) is 16.9 Å². The third-order valence-corrected chi connectivity index (χ3v) is 3.56. The molecule has 2 N–H and O–H groups in total. The summed E-state index contributed by atoms with van der Waals surface area (Å²) in [6.07, 6.45) is 0.314. The van der Waals surface area contributed by atoms with Crippen molar-refractivity contribution in [3.05, 3.63) is 82.8 Å². The molecule has 0 heterocycles. The Balaban J connectivity index is 2.34. The Bertz CT molecular complexity index is 769. The fourth-order valence-corrected chi connectivity index (χ4v) is 2.34. The summed E-state index contributed by atoms with van der Waals surface area (Å²) in [6, 6.07) is 14.8. The van der Waals surface area contributed by atoms with Crippen molar-refractivity contribution in [2.45, 2.75) is 19.9 Å². The number of halogens is 1. The highest BCUT2D eigenvalue weighted by Gasteiger charge is 2.25. The van der Waals surface area contributed by atoms with Crippen molar-refractivity contribution in [1.29, 1.82) is 0 Å². The topological polar surface area (TPSA) is 66.4 Å². The summed E-state index contributed by atoms with van der Waals surface area (Å²) in [5.74, 6) is -2.95. The average Bonchev–Trinajstić information content (AvgIpc) is 2.59. The minimum Gasteiger partial charge on any atom is -0.477 e. The van der Waals surface area contributed by atoms with Gasteiger partial charge in [0.05, 0.1) is 5.56 Å². The average molecular weight is 327 g/mol. The Hall–Kier alpha value is -2.95.